The molecular weight excluding hydrogens is 208 g/mol. The third-order valence-electron chi connectivity index (χ3n) is 1.85. The Hall–Kier alpha value is -0.0200. The Balaban J connectivity index is 3.89. The average molecular weight is 225 g/mol. The summed E-state index contributed by atoms with van der Waals surface area (Å²) in [6.45, 7) is 3.62. The molecule has 0 atom stereocenters. The van der Waals surface area contributed by atoms with E-state index in [1.165, 1.54) is 0 Å². The first-order valence-electron chi connectivity index (χ1n) is 4.44. The van der Waals surface area contributed by atoms with Crippen molar-refractivity contribution in [3.63, 3.8) is 0 Å². The van der Waals surface area contributed by atoms with Crippen LogP contribution in [-0.4, -0.2) is 25.8 Å². The molecular formula is C9H17ClO2S. The number of alkyl halides is 1. The van der Waals surface area contributed by atoms with Gasteiger partial charge in [0.2, 0.25) is 0 Å². The van der Waals surface area contributed by atoms with Gasteiger partial charge in [-0.25, -0.2) is 8.42 Å². The number of halogens is 1. The summed E-state index contributed by atoms with van der Waals surface area (Å²) in [6.07, 6.45) is 3.45. The first-order valence-corrected chi connectivity index (χ1v) is 6.79. The lowest BCUT2D eigenvalue weighted by atomic mass is 10.2. The maximum Gasteiger partial charge on any atom is 0.150 e. The minimum atomic E-state index is -2.81. The van der Waals surface area contributed by atoms with Crippen molar-refractivity contribution in [1.29, 1.82) is 0 Å². The fraction of sp³-hybridized carbons (Fsp3) is 0.778. The Morgan fingerprint density at radius 3 is 2.54 bits per heavy atom. The normalized spacial score (nSPS) is 13.3. The van der Waals surface area contributed by atoms with Gasteiger partial charge in [0.15, 0.2) is 0 Å². The molecule has 0 radical (unpaired) electrons. The molecule has 0 aromatic rings. The summed E-state index contributed by atoms with van der Waals surface area (Å²) in [5, 5.41) is 0. The van der Waals surface area contributed by atoms with E-state index in [9.17, 15) is 8.42 Å². The van der Waals surface area contributed by atoms with Crippen LogP contribution in [0, 0.1) is 0 Å². The van der Waals surface area contributed by atoms with E-state index in [2.05, 4.69) is 0 Å². The minimum Gasteiger partial charge on any atom is -0.229 e. The highest BCUT2D eigenvalue weighted by Crippen LogP contribution is 2.05. The smallest absolute Gasteiger partial charge is 0.150 e. The van der Waals surface area contributed by atoms with Gasteiger partial charge in [-0.1, -0.05) is 18.6 Å². The molecule has 0 heterocycles. The standard InChI is InChI=1S/C9H17ClO2S/c1-3-13(11,12)8-6-9(2)5-4-7-10/h5H,3-4,6-8H2,1-2H3. The molecule has 0 aliphatic carbocycles. The summed E-state index contributed by atoms with van der Waals surface area (Å²) in [7, 11) is -2.81. The fourth-order valence-electron chi connectivity index (χ4n) is 0.864. The molecule has 0 unspecified atom stereocenters. The van der Waals surface area contributed by atoms with Crippen molar-refractivity contribution >= 4 is 21.4 Å². The Bertz CT molecular complexity index is 255. The molecule has 4 heteroatoms. The monoisotopic (exact) mass is 224 g/mol. The summed E-state index contributed by atoms with van der Waals surface area (Å²) >= 11 is 5.50. The molecule has 0 fully saturated rings. The van der Waals surface area contributed by atoms with E-state index in [0.29, 0.717) is 12.3 Å². The van der Waals surface area contributed by atoms with Crippen LogP contribution in [0.15, 0.2) is 11.6 Å². The number of hydrogen-bond acceptors (Lipinski definition) is 2. The Morgan fingerprint density at radius 1 is 1.46 bits per heavy atom. The largest absolute Gasteiger partial charge is 0.229 e. The molecule has 0 aromatic heterocycles. The first kappa shape index (κ1) is 13.0. The third kappa shape index (κ3) is 7.08. The second-order valence-electron chi connectivity index (χ2n) is 3.01. The predicted molar refractivity (Wildman–Crippen MR) is 58.0 cm³/mol. The van der Waals surface area contributed by atoms with Crippen molar-refractivity contribution in [3.05, 3.63) is 11.6 Å². The van der Waals surface area contributed by atoms with Crippen molar-refractivity contribution in [1.82, 2.24) is 0 Å². The quantitative estimate of drug-likeness (QED) is 0.513. The van der Waals surface area contributed by atoms with E-state index in [-0.39, 0.29) is 11.5 Å². The van der Waals surface area contributed by atoms with Gasteiger partial charge >= 0.3 is 0 Å². The number of allylic oxidation sites excluding steroid dienone is 2. The fourth-order valence-corrected chi connectivity index (χ4v) is 1.89. The van der Waals surface area contributed by atoms with Gasteiger partial charge in [-0.3, -0.25) is 0 Å². The van der Waals surface area contributed by atoms with Crippen LogP contribution >= 0.6 is 11.6 Å². The van der Waals surface area contributed by atoms with Gasteiger partial charge in [-0.05, 0) is 19.8 Å². The van der Waals surface area contributed by atoms with Gasteiger partial charge in [-0.15, -0.1) is 11.6 Å². The average Bonchev–Trinajstić information content (AvgIpc) is 2.11. The van der Waals surface area contributed by atoms with Gasteiger partial charge in [-0.2, -0.15) is 0 Å². The van der Waals surface area contributed by atoms with E-state index in [1.807, 2.05) is 13.0 Å². The lowest BCUT2D eigenvalue weighted by Crippen LogP contribution is -2.08. The molecule has 0 amide bonds. The van der Waals surface area contributed by atoms with E-state index < -0.39 is 9.84 Å². The Labute approximate surface area is 85.9 Å². The van der Waals surface area contributed by atoms with Crippen LogP contribution in [0.4, 0.5) is 0 Å². The van der Waals surface area contributed by atoms with Crippen molar-refractivity contribution in [2.24, 2.45) is 0 Å². The van der Waals surface area contributed by atoms with Crippen LogP contribution in [0.1, 0.15) is 26.7 Å². The van der Waals surface area contributed by atoms with Crippen molar-refractivity contribution in [2.75, 3.05) is 17.4 Å². The van der Waals surface area contributed by atoms with Crippen LogP contribution in [0.2, 0.25) is 0 Å². The second kappa shape index (κ2) is 6.44. The zero-order chi connectivity index (χ0) is 10.3. The molecule has 0 rings (SSSR count). The number of hydrogen-bond donors (Lipinski definition) is 0. The van der Waals surface area contributed by atoms with Gasteiger partial charge in [0.05, 0.1) is 5.75 Å². The van der Waals surface area contributed by atoms with E-state index >= 15 is 0 Å². The highest BCUT2D eigenvalue weighted by molar-refractivity contribution is 7.91. The Morgan fingerprint density at radius 2 is 2.08 bits per heavy atom. The highest BCUT2D eigenvalue weighted by atomic mass is 35.5. The molecule has 0 aromatic carbocycles. The first-order chi connectivity index (χ1) is 6.02. The topological polar surface area (TPSA) is 34.1 Å². The molecule has 13 heavy (non-hydrogen) atoms. The third-order valence-corrected chi connectivity index (χ3v) is 3.77. The van der Waals surface area contributed by atoms with Crippen LogP contribution in [0.3, 0.4) is 0 Å². The summed E-state index contributed by atoms with van der Waals surface area (Å²) in [5.41, 5.74) is 1.11. The molecule has 0 saturated heterocycles. The molecule has 78 valence electrons. The van der Waals surface area contributed by atoms with Crippen LogP contribution < -0.4 is 0 Å². The highest BCUT2D eigenvalue weighted by Gasteiger charge is 2.06. The molecule has 0 bridgehead atoms. The van der Waals surface area contributed by atoms with Crippen LogP contribution in [0.5, 0.6) is 0 Å². The Kier molecular flexibility index (Phi) is 6.43. The van der Waals surface area contributed by atoms with E-state index in [1.54, 1.807) is 6.92 Å². The SMILES string of the molecule is CCS(=O)(=O)CCC(C)=CCCCl. The summed E-state index contributed by atoms with van der Waals surface area (Å²) in [5.74, 6) is 1.09. The zero-order valence-corrected chi connectivity index (χ0v) is 9.79. The summed E-state index contributed by atoms with van der Waals surface area (Å²) in [6, 6.07) is 0. The van der Waals surface area contributed by atoms with Crippen LogP contribution in [0.25, 0.3) is 0 Å². The van der Waals surface area contributed by atoms with Crippen LogP contribution in [-0.2, 0) is 9.84 Å². The van der Waals surface area contributed by atoms with E-state index in [4.69, 9.17) is 11.6 Å². The number of rotatable bonds is 6. The molecule has 0 N–H and O–H groups in total. The number of sulfone groups is 1. The van der Waals surface area contributed by atoms with Crippen molar-refractivity contribution in [2.45, 2.75) is 26.7 Å². The van der Waals surface area contributed by atoms with E-state index in [0.717, 1.165) is 12.0 Å². The minimum absolute atomic E-state index is 0.232. The lowest BCUT2D eigenvalue weighted by molar-refractivity contribution is 0.596. The molecule has 0 aliphatic rings. The van der Waals surface area contributed by atoms with Gasteiger partial charge in [0.25, 0.3) is 0 Å². The second-order valence-corrected chi connectivity index (χ2v) is 5.87. The maximum absolute atomic E-state index is 11.1. The molecule has 0 saturated carbocycles. The predicted octanol–water partition coefficient (Wildman–Crippen LogP) is 2.39. The van der Waals surface area contributed by atoms with Gasteiger partial charge in [0.1, 0.15) is 9.84 Å². The van der Waals surface area contributed by atoms with Gasteiger partial charge in [0, 0.05) is 11.6 Å². The summed E-state index contributed by atoms with van der Waals surface area (Å²) in [4.78, 5) is 0. The molecule has 0 spiro atoms. The summed E-state index contributed by atoms with van der Waals surface area (Å²) < 4.78 is 22.2. The zero-order valence-electron chi connectivity index (χ0n) is 8.22. The molecule has 2 nitrogen and oxygen atoms in total. The lowest BCUT2D eigenvalue weighted by Gasteiger charge is -2.01. The van der Waals surface area contributed by atoms with Gasteiger partial charge < -0.3 is 0 Å². The molecule has 0 aliphatic heterocycles. The maximum atomic E-state index is 11.1. The van der Waals surface area contributed by atoms with Crippen molar-refractivity contribution in [3.8, 4) is 0 Å². The van der Waals surface area contributed by atoms with Crippen molar-refractivity contribution < 1.29 is 8.42 Å².